The lowest BCUT2D eigenvalue weighted by molar-refractivity contribution is 0.323. The Kier molecular flexibility index (Phi) is 1.86. The van der Waals surface area contributed by atoms with Gasteiger partial charge in [-0.05, 0) is 38.0 Å². The molecule has 2 saturated carbocycles. The second kappa shape index (κ2) is 2.46. The summed E-state index contributed by atoms with van der Waals surface area (Å²) in [6.45, 7) is 0. The third-order valence-corrected chi connectivity index (χ3v) is 4.57. The van der Waals surface area contributed by atoms with Crippen molar-refractivity contribution >= 4 is 32.3 Å². The van der Waals surface area contributed by atoms with E-state index in [4.69, 9.17) is 0 Å². The summed E-state index contributed by atoms with van der Waals surface area (Å²) in [5.41, 5.74) is 0.477. The van der Waals surface area contributed by atoms with E-state index in [-0.39, 0.29) is 0 Å². The van der Waals surface area contributed by atoms with E-state index in [0.717, 1.165) is 5.92 Å². The molecule has 0 amide bonds. The number of hydrogen-bond donors (Lipinski definition) is 0. The highest BCUT2D eigenvalue weighted by Gasteiger charge is 2.47. The molecule has 2 rings (SSSR count). The second-order valence-corrected chi connectivity index (χ2v) is 5.98. The van der Waals surface area contributed by atoms with Crippen LogP contribution in [0.25, 0.3) is 0 Å². The van der Waals surface area contributed by atoms with E-state index in [0.29, 0.717) is 5.54 Å². The van der Waals surface area contributed by atoms with Gasteiger partial charge in [0.1, 0.15) is 0 Å². The SMILES string of the molecule is BrN(Br)C12CCC(CC1)C2. The van der Waals surface area contributed by atoms with Crippen LogP contribution in [0.3, 0.4) is 0 Å². The molecule has 0 spiro atoms. The number of rotatable bonds is 1. The highest BCUT2D eigenvalue weighted by atomic mass is 79.9. The van der Waals surface area contributed by atoms with Crippen molar-refractivity contribution in [3.05, 3.63) is 0 Å². The smallest absolute Gasteiger partial charge is 0.0434 e. The Balaban J connectivity index is 2.15. The van der Waals surface area contributed by atoms with E-state index >= 15 is 0 Å². The van der Waals surface area contributed by atoms with Gasteiger partial charge in [0.05, 0.1) is 0 Å². The van der Waals surface area contributed by atoms with Gasteiger partial charge in [-0.2, -0.15) is 2.95 Å². The molecule has 58 valence electrons. The topological polar surface area (TPSA) is 3.24 Å². The Morgan fingerprint density at radius 2 is 1.80 bits per heavy atom. The first-order chi connectivity index (χ1) is 4.73. The molecule has 0 heterocycles. The molecule has 10 heavy (non-hydrogen) atoms. The lowest BCUT2D eigenvalue weighted by Crippen LogP contribution is -2.32. The minimum absolute atomic E-state index is 0.477. The molecule has 3 heteroatoms. The van der Waals surface area contributed by atoms with Crippen LogP contribution in [0, 0.1) is 5.92 Å². The highest BCUT2D eigenvalue weighted by molar-refractivity contribution is 9.21. The van der Waals surface area contributed by atoms with Crippen molar-refractivity contribution in [2.75, 3.05) is 0 Å². The van der Waals surface area contributed by atoms with Crippen LogP contribution in [-0.4, -0.2) is 8.49 Å². The van der Waals surface area contributed by atoms with Gasteiger partial charge in [-0.1, -0.05) is 0 Å². The second-order valence-electron chi connectivity index (χ2n) is 3.60. The molecule has 0 N–H and O–H groups in total. The zero-order valence-corrected chi connectivity index (χ0v) is 8.99. The first-order valence-corrected chi connectivity index (χ1v) is 5.27. The van der Waals surface area contributed by atoms with E-state index in [1.807, 2.05) is 0 Å². The number of nitrogens with zero attached hydrogens (tertiary/aromatic N) is 1. The zero-order chi connectivity index (χ0) is 7.19. The Morgan fingerprint density at radius 1 is 1.20 bits per heavy atom. The standard InChI is InChI=1S/C7H11Br2N/c8-10(9)7-3-1-6(5-7)2-4-7/h6H,1-5H2. The molecule has 0 aliphatic heterocycles. The maximum atomic E-state index is 3.50. The van der Waals surface area contributed by atoms with Gasteiger partial charge < -0.3 is 0 Å². The molecule has 1 nitrogen and oxygen atoms in total. The normalized spacial score (nSPS) is 45.3. The number of halogens is 2. The molecule has 0 aromatic carbocycles. The molecule has 2 aliphatic rings. The highest BCUT2D eigenvalue weighted by Crippen LogP contribution is 2.53. The van der Waals surface area contributed by atoms with Crippen molar-refractivity contribution < 1.29 is 0 Å². The molecule has 0 aromatic rings. The Morgan fingerprint density at radius 3 is 2.00 bits per heavy atom. The van der Waals surface area contributed by atoms with Crippen LogP contribution in [0.4, 0.5) is 0 Å². The van der Waals surface area contributed by atoms with Crippen molar-refractivity contribution in [2.24, 2.45) is 5.92 Å². The van der Waals surface area contributed by atoms with Crippen molar-refractivity contribution in [1.29, 1.82) is 0 Å². The van der Waals surface area contributed by atoms with Gasteiger partial charge in [-0.25, -0.2) is 0 Å². The maximum absolute atomic E-state index is 3.50. The van der Waals surface area contributed by atoms with Crippen molar-refractivity contribution in [3.63, 3.8) is 0 Å². The molecular formula is C7H11Br2N. The van der Waals surface area contributed by atoms with E-state index in [1.54, 1.807) is 0 Å². The molecule has 2 bridgehead atoms. The van der Waals surface area contributed by atoms with Crippen LogP contribution in [0.1, 0.15) is 32.1 Å². The molecule has 0 atom stereocenters. The molecule has 0 unspecified atom stereocenters. The average molecular weight is 269 g/mol. The quantitative estimate of drug-likeness (QED) is 0.660. The number of fused-ring (bicyclic) bond motifs is 2. The summed E-state index contributed by atoms with van der Waals surface area (Å²) in [7, 11) is 0. The van der Waals surface area contributed by atoms with E-state index in [9.17, 15) is 0 Å². The summed E-state index contributed by atoms with van der Waals surface area (Å²) in [5.74, 6) is 1.03. The van der Waals surface area contributed by atoms with E-state index in [1.165, 1.54) is 32.1 Å². The van der Waals surface area contributed by atoms with E-state index < -0.39 is 0 Å². The Labute approximate surface area is 78.8 Å². The molecule has 2 fully saturated rings. The van der Waals surface area contributed by atoms with Crippen LogP contribution in [0.15, 0.2) is 0 Å². The molecule has 2 aliphatic carbocycles. The van der Waals surface area contributed by atoms with Crippen molar-refractivity contribution in [1.82, 2.24) is 2.95 Å². The third-order valence-electron chi connectivity index (χ3n) is 3.06. The van der Waals surface area contributed by atoms with Gasteiger partial charge >= 0.3 is 0 Å². The fraction of sp³-hybridized carbons (Fsp3) is 1.00. The van der Waals surface area contributed by atoms with Gasteiger partial charge in [0, 0.05) is 37.8 Å². The third kappa shape index (κ3) is 0.978. The average Bonchev–Trinajstić information content (AvgIpc) is 2.45. The molecular weight excluding hydrogens is 258 g/mol. The van der Waals surface area contributed by atoms with Crippen LogP contribution in [0.5, 0.6) is 0 Å². The lowest BCUT2D eigenvalue weighted by atomic mass is 9.95. The van der Waals surface area contributed by atoms with Crippen LogP contribution < -0.4 is 0 Å². The lowest BCUT2D eigenvalue weighted by Gasteiger charge is -2.29. The van der Waals surface area contributed by atoms with Gasteiger partial charge in [0.25, 0.3) is 0 Å². The summed E-state index contributed by atoms with van der Waals surface area (Å²) < 4.78 is 2.08. The van der Waals surface area contributed by atoms with Crippen LogP contribution in [0.2, 0.25) is 0 Å². The van der Waals surface area contributed by atoms with Gasteiger partial charge in [-0.3, -0.25) is 0 Å². The first-order valence-electron chi connectivity index (χ1n) is 3.85. The van der Waals surface area contributed by atoms with Gasteiger partial charge in [0.2, 0.25) is 0 Å². The maximum Gasteiger partial charge on any atom is 0.0434 e. The van der Waals surface area contributed by atoms with Crippen LogP contribution in [-0.2, 0) is 0 Å². The molecule has 0 aromatic heterocycles. The van der Waals surface area contributed by atoms with Gasteiger partial charge in [0.15, 0.2) is 0 Å². The predicted molar refractivity (Wildman–Crippen MR) is 49.0 cm³/mol. The van der Waals surface area contributed by atoms with Crippen LogP contribution >= 0.6 is 32.3 Å². The number of hydrogen-bond acceptors (Lipinski definition) is 1. The minimum Gasteiger partial charge on any atom is -0.172 e. The summed E-state index contributed by atoms with van der Waals surface area (Å²) in [5, 5.41) is 0. The van der Waals surface area contributed by atoms with Crippen molar-refractivity contribution in [2.45, 2.75) is 37.6 Å². The molecule has 0 saturated heterocycles. The fourth-order valence-corrected chi connectivity index (χ4v) is 3.40. The first kappa shape index (κ1) is 7.56. The predicted octanol–water partition coefficient (Wildman–Crippen LogP) is 3.24. The van der Waals surface area contributed by atoms with Crippen molar-refractivity contribution in [3.8, 4) is 0 Å². The monoisotopic (exact) mass is 267 g/mol. The summed E-state index contributed by atoms with van der Waals surface area (Å²) in [4.78, 5) is 0. The Hall–Kier alpha value is 0.920. The Bertz CT molecular complexity index is 139. The summed E-state index contributed by atoms with van der Waals surface area (Å²) >= 11 is 6.99. The summed E-state index contributed by atoms with van der Waals surface area (Å²) in [6.07, 6.45) is 7.01. The fourth-order valence-electron chi connectivity index (χ4n) is 2.40. The zero-order valence-electron chi connectivity index (χ0n) is 5.82. The minimum atomic E-state index is 0.477. The summed E-state index contributed by atoms with van der Waals surface area (Å²) in [6, 6.07) is 0. The largest absolute Gasteiger partial charge is 0.172 e. The van der Waals surface area contributed by atoms with E-state index in [2.05, 4.69) is 35.2 Å². The molecule has 0 radical (unpaired) electrons. The van der Waals surface area contributed by atoms with Gasteiger partial charge in [-0.15, -0.1) is 0 Å².